The largest absolute Gasteiger partial charge is 0.371 e. The first-order valence-electron chi connectivity index (χ1n) is 6.22. The van der Waals surface area contributed by atoms with Gasteiger partial charge in [0.2, 0.25) is 0 Å². The van der Waals surface area contributed by atoms with Crippen molar-refractivity contribution in [3.8, 4) is 0 Å². The predicted octanol–water partition coefficient (Wildman–Crippen LogP) is 2.23. The molecule has 16 heavy (non-hydrogen) atoms. The van der Waals surface area contributed by atoms with Crippen LogP contribution in [0.5, 0.6) is 0 Å². The Balaban J connectivity index is 2.25. The number of aromatic nitrogens is 1. The van der Waals surface area contributed by atoms with Gasteiger partial charge >= 0.3 is 0 Å². The van der Waals surface area contributed by atoms with Crippen LogP contribution in [-0.4, -0.2) is 18.1 Å². The fourth-order valence-electron chi connectivity index (χ4n) is 2.34. The van der Waals surface area contributed by atoms with E-state index in [4.69, 9.17) is 5.73 Å². The number of hydrogen-bond acceptors (Lipinski definition) is 3. The second-order valence-electron chi connectivity index (χ2n) is 4.56. The molecular weight excluding hydrogens is 198 g/mol. The number of aryl methyl sites for hydroxylation is 1. The van der Waals surface area contributed by atoms with Gasteiger partial charge in [-0.3, -0.25) is 4.98 Å². The Hall–Kier alpha value is -1.09. The van der Waals surface area contributed by atoms with Crippen molar-refractivity contribution in [3.05, 3.63) is 23.5 Å². The quantitative estimate of drug-likeness (QED) is 0.829. The monoisotopic (exact) mass is 219 g/mol. The number of nitrogens with zero attached hydrogens (tertiary/aromatic N) is 2. The van der Waals surface area contributed by atoms with Crippen molar-refractivity contribution in [2.24, 2.45) is 5.73 Å². The maximum Gasteiger partial charge on any atom is 0.0445 e. The molecule has 0 spiro atoms. The van der Waals surface area contributed by atoms with Crippen LogP contribution in [-0.2, 0) is 6.54 Å². The maximum absolute atomic E-state index is 5.78. The molecule has 0 bridgehead atoms. The summed E-state index contributed by atoms with van der Waals surface area (Å²) in [5.41, 5.74) is 9.34. The number of pyridine rings is 1. The van der Waals surface area contributed by atoms with E-state index in [1.165, 1.54) is 36.9 Å². The minimum Gasteiger partial charge on any atom is -0.371 e. The highest BCUT2D eigenvalue weighted by Gasteiger charge is 2.13. The van der Waals surface area contributed by atoms with Gasteiger partial charge in [0, 0.05) is 42.8 Å². The molecule has 2 rings (SSSR count). The second-order valence-corrected chi connectivity index (χ2v) is 4.56. The summed E-state index contributed by atoms with van der Waals surface area (Å²) in [4.78, 5) is 6.80. The average Bonchev–Trinajstić information content (AvgIpc) is 2.57. The molecule has 0 amide bonds. The van der Waals surface area contributed by atoms with Gasteiger partial charge in [0.25, 0.3) is 0 Å². The van der Waals surface area contributed by atoms with Crippen LogP contribution < -0.4 is 10.6 Å². The molecule has 1 saturated heterocycles. The zero-order valence-corrected chi connectivity index (χ0v) is 10.1. The molecule has 0 saturated carbocycles. The number of nitrogens with two attached hydrogens (primary N) is 1. The minimum absolute atomic E-state index is 0.582. The highest BCUT2D eigenvalue weighted by atomic mass is 15.1. The van der Waals surface area contributed by atoms with E-state index < -0.39 is 0 Å². The highest BCUT2D eigenvalue weighted by Crippen LogP contribution is 2.23. The highest BCUT2D eigenvalue weighted by molar-refractivity contribution is 5.53. The van der Waals surface area contributed by atoms with Crippen LogP contribution in [0.3, 0.4) is 0 Å². The van der Waals surface area contributed by atoms with E-state index in [9.17, 15) is 0 Å². The van der Waals surface area contributed by atoms with Crippen LogP contribution in [0.4, 0.5) is 5.69 Å². The molecule has 88 valence electrons. The molecular formula is C13H21N3. The Morgan fingerprint density at radius 3 is 2.56 bits per heavy atom. The number of anilines is 1. The van der Waals surface area contributed by atoms with Crippen molar-refractivity contribution in [1.29, 1.82) is 0 Å². The van der Waals surface area contributed by atoms with Gasteiger partial charge in [0.15, 0.2) is 0 Å². The van der Waals surface area contributed by atoms with Gasteiger partial charge in [-0.1, -0.05) is 12.8 Å². The molecule has 1 aromatic heterocycles. The first-order valence-corrected chi connectivity index (χ1v) is 6.22. The third kappa shape index (κ3) is 2.53. The Kier molecular flexibility index (Phi) is 3.78. The van der Waals surface area contributed by atoms with Crippen molar-refractivity contribution >= 4 is 5.69 Å². The SMILES string of the molecule is Cc1cc(N2CCCCCC2)c(CN)cn1. The molecule has 1 aromatic rings. The van der Waals surface area contributed by atoms with Crippen molar-refractivity contribution in [1.82, 2.24) is 4.98 Å². The first-order chi connectivity index (χ1) is 7.81. The lowest BCUT2D eigenvalue weighted by molar-refractivity contribution is 0.726. The molecule has 0 aliphatic carbocycles. The fraction of sp³-hybridized carbons (Fsp3) is 0.615. The summed E-state index contributed by atoms with van der Waals surface area (Å²) in [5, 5.41) is 0. The van der Waals surface area contributed by atoms with E-state index in [2.05, 4.69) is 16.0 Å². The Morgan fingerprint density at radius 2 is 1.94 bits per heavy atom. The Labute approximate surface area is 97.7 Å². The zero-order valence-electron chi connectivity index (χ0n) is 10.1. The van der Waals surface area contributed by atoms with Crippen LogP contribution in [0.2, 0.25) is 0 Å². The van der Waals surface area contributed by atoms with Gasteiger partial charge in [0.05, 0.1) is 0 Å². The molecule has 3 nitrogen and oxygen atoms in total. The lowest BCUT2D eigenvalue weighted by Gasteiger charge is -2.25. The van der Waals surface area contributed by atoms with Crippen LogP contribution in [0.15, 0.2) is 12.3 Å². The Bertz CT molecular complexity index is 341. The summed E-state index contributed by atoms with van der Waals surface area (Å²) >= 11 is 0. The second kappa shape index (κ2) is 5.30. The van der Waals surface area contributed by atoms with E-state index in [0.29, 0.717) is 6.54 Å². The van der Waals surface area contributed by atoms with Crippen LogP contribution in [0.25, 0.3) is 0 Å². The third-order valence-electron chi connectivity index (χ3n) is 3.27. The lowest BCUT2D eigenvalue weighted by atomic mass is 10.2. The van der Waals surface area contributed by atoms with E-state index in [1.807, 2.05) is 13.1 Å². The number of rotatable bonds is 2. The van der Waals surface area contributed by atoms with E-state index in [-0.39, 0.29) is 0 Å². The van der Waals surface area contributed by atoms with Crippen molar-refractivity contribution in [2.45, 2.75) is 39.2 Å². The van der Waals surface area contributed by atoms with Gasteiger partial charge in [0.1, 0.15) is 0 Å². The van der Waals surface area contributed by atoms with Crippen molar-refractivity contribution < 1.29 is 0 Å². The molecule has 0 radical (unpaired) electrons. The van der Waals surface area contributed by atoms with Gasteiger partial charge < -0.3 is 10.6 Å². The molecule has 0 unspecified atom stereocenters. The molecule has 2 N–H and O–H groups in total. The topological polar surface area (TPSA) is 42.1 Å². The molecule has 1 aliphatic heterocycles. The van der Waals surface area contributed by atoms with Gasteiger partial charge in [-0.2, -0.15) is 0 Å². The summed E-state index contributed by atoms with van der Waals surface area (Å²) in [5.74, 6) is 0. The molecule has 3 heteroatoms. The average molecular weight is 219 g/mol. The van der Waals surface area contributed by atoms with Crippen LogP contribution >= 0.6 is 0 Å². The summed E-state index contributed by atoms with van der Waals surface area (Å²) in [7, 11) is 0. The van der Waals surface area contributed by atoms with Gasteiger partial charge in [-0.25, -0.2) is 0 Å². The summed E-state index contributed by atoms with van der Waals surface area (Å²) in [6.07, 6.45) is 7.24. The van der Waals surface area contributed by atoms with Crippen LogP contribution in [0, 0.1) is 6.92 Å². The zero-order chi connectivity index (χ0) is 11.4. The van der Waals surface area contributed by atoms with E-state index >= 15 is 0 Å². The van der Waals surface area contributed by atoms with E-state index in [1.54, 1.807) is 0 Å². The standard InChI is InChI=1S/C13H21N3/c1-11-8-13(12(9-14)10-15-11)16-6-4-2-3-5-7-16/h8,10H,2-7,9,14H2,1H3. The number of hydrogen-bond donors (Lipinski definition) is 1. The van der Waals surface area contributed by atoms with E-state index in [0.717, 1.165) is 18.8 Å². The molecule has 0 aromatic carbocycles. The fourth-order valence-corrected chi connectivity index (χ4v) is 2.34. The van der Waals surface area contributed by atoms with Crippen molar-refractivity contribution in [2.75, 3.05) is 18.0 Å². The Morgan fingerprint density at radius 1 is 1.25 bits per heavy atom. The summed E-state index contributed by atoms with van der Waals surface area (Å²) < 4.78 is 0. The molecule has 0 atom stereocenters. The summed E-state index contributed by atoms with van der Waals surface area (Å²) in [6.45, 7) is 4.95. The van der Waals surface area contributed by atoms with Crippen molar-refractivity contribution in [3.63, 3.8) is 0 Å². The first kappa shape index (κ1) is 11.4. The minimum atomic E-state index is 0.582. The normalized spacial score (nSPS) is 17.2. The molecule has 1 fully saturated rings. The predicted molar refractivity (Wildman–Crippen MR) is 67.5 cm³/mol. The maximum atomic E-state index is 5.78. The molecule has 2 heterocycles. The lowest BCUT2D eigenvalue weighted by Crippen LogP contribution is -2.25. The smallest absolute Gasteiger partial charge is 0.0445 e. The van der Waals surface area contributed by atoms with Crippen LogP contribution in [0.1, 0.15) is 36.9 Å². The van der Waals surface area contributed by atoms with Gasteiger partial charge in [-0.05, 0) is 25.8 Å². The van der Waals surface area contributed by atoms with Gasteiger partial charge in [-0.15, -0.1) is 0 Å². The summed E-state index contributed by atoms with van der Waals surface area (Å²) in [6, 6.07) is 2.17. The third-order valence-corrected chi connectivity index (χ3v) is 3.27. The molecule has 1 aliphatic rings.